The Morgan fingerprint density at radius 3 is 2.83 bits per heavy atom. The molecule has 2 fully saturated rings. The van der Waals surface area contributed by atoms with E-state index in [-0.39, 0.29) is 30.4 Å². The summed E-state index contributed by atoms with van der Waals surface area (Å²) in [7, 11) is 0. The molecule has 2 aliphatic rings. The van der Waals surface area contributed by atoms with Crippen molar-refractivity contribution in [2.24, 2.45) is 5.92 Å². The summed E-state index contributed by atoms with van der Waals surface area (Å²) in [4.78, 5) is 33.0. The Morgan fingerprint density at radius 1 is 1.17 bits per heavy atom. The number of hydrogen-bond acceptors (Lipinski definition) is 5. The summed E-state index contributed by atoms with van der Waals surface area (Å²) in [5.74, 6) is -2.86. The summed E-state index contributed by atoms with van der Waals surface area (Å²) < 4.78 is 30.2. The Labute approximate surface area is 195 Å². The third-order valence-corrected chi connectivity index (χ3v) is 7.12. The van der Waals surface area contributed by atoms with Crippen molar-refractivity contribution in [3.63, 3.8) is 0 Å². The van der Waals surface area contributed by atoms with E-state index in [1.165, 1.54) is 6.20 Å². The van der Waals surface area contributed by atoms with E-state index in [1.807, 2.05) is 18.2 Å². The van der Waals surface area contributed by atoms with Crippen LogP contribution in [0.15, 0.2) is 58.6 Å². The molecule has 11 heteroatoms. The Kier molecular flexibility index (Phi) is 4.01. The lowest BCUT2D eigenvalue weighted by Crippen LogP contribution is -2.23. The minimum absolute atomic E-state index is 0.0818. The lowest BCUT2D eigenvalue weighted by Gasteiger charge is -2.08. The predicted molar refractivity (Wildman–Crippen MR) is 123 cm³/mol. The largest absolute Gasteiger partial charge is 0.325 e. The molecule has 7 rings (SSSR count). The Hall–Kier alpha value is -4.15. The van der Waals surface area contributed by atoms with Gasteiger partial charge in [0.1, 0.15) is 0 Å². The molecule has 2 N–H and O–H groups in total. The van der Waals surface area contributed by atoms with Crippen molar-refractivity contribution in [3.05, 3.63) is 81.0 Å². The zero-order valence-corrected chi connectivity index (χ0v) is 18.3. The van der Waals surface area contributed by atoms with Gasteiger partial charge >= 0.3 is 5.69 Å². The summed E-state index contributed by atoms with van der Waals surface area (Å²) in [5, 5.41) is 9.76. The highest BCUT2D eigenvalue weighted by atomic mass is 19.3. The first-order valence-corrected chi connectivity index (χ1v) is 11.4. The first-order valence-electron chi connectivity index (χ1n) is 11.4. The monoisotopic (exact) mass is 475 g/mol. The van der Waals surface area contributed by atoms with Crippen molar-refractivity contribution in [1.29, 1.82) is 0 Å². The van der Waals surface area contributed by atoms with Crippen LogP contribution < -0.4 is 11.2 Å². The Morgan fingerprint density at radius 2 is 2.03 bits per heavy atom. The second-order valence-electron chi connectivity index (χ2n) is 9.42. The SMILES string of the molecule is O=c1[nH]cc(-c2cc([C@H]3C[C@@H]3c3ccc4cnn(CC5CC5(F)F)c4c3)c3nccn3n2)c(=O)[nH]1. The third kappa shape index (κ3) is 3.29. The van der Waals surface area contributed by atoms with Crippen molar-refractivity contribution in [3.8, 4) is 11.3 Å². The zero-order chi connectivity index (χ0) is 23.9. The molecule has 5 aromatic rings. The maximum absolute atomic E-state index is 13.5. The van der Waals surface area contributed by atoms with Crippen LogP contribution in [0.2, 0.25) is 0 Å². The highest BCUT2D eigenvalue weighted by Crippen LogP contribution is 2.56. The van der Waals surface area contributed by atoms with Gasteiger partial charge in [-0.15, -0.1) is 0 Å². The van der Waals surface area contributed by atoms with E-state index in [1.54, 1.807) is 27.8 Å². The van der Waals surface area contributed by atoms with E-state index in [4.69, 9.17) is 0 Å². The van der Waals surface area contributed by atoms with Gasteiger partial charge in [0.2, 0.25) is 0 Å². The number of halogens is 2. The van der Waals surface area contributed by atoms with Crippen molar-refractivity contribution in [1.82, 2.24) is 34.3 Å². The number of rotatable bonds is 5. The summed E-state index contributed by atoms with van der Waals surface area (Å²) in [5.41, 5.74) is 3.25. The zero-order valence-electron chi connectivity index (χ0n) is 18.3. The van der Waals surface area contributed by atoms with Crippen LogP contribution in [-0.2, 0) is 6.54 Å². The lowest BCUT2D eigenvalue weighted by molar-refractivity contribution is 0.0945. The van der Waals surface area contributed by atoms with Gasteiger partial charge in [-0.2, -0.15) is 10.2 Å². The van der Waals surface area contributed by atoms with Crippen LogP contribution in [0.1, 0.15) is 35.8 Å². The number of aromatic amines is 2. The smallest absolute Gasteiger partial charge is 0.313 e. The standard InChI is InChI=1S/C24H19F2N7O2/c25-24(26)8-14(24)11-33-20-5-12(1-2-13(20)9-29-33)15-6-16(15)17-7-19(31-32-4-3-27-21(17)32)18-10-28-23(35)30-22(18)34/h1-5,7,9-10,14-16H,6,8,11H2,(H2,28,30,34,35)/t14?,15-,16+/m1/s1. The summed E-state index contributed by atoms with van der Waals surface area (Å²) in [6.07, 6.45) is 7.25. The summed E-state index contributed by atoms with van der Waals surface area (Å²) in [6, 6.07) is 7.94. The van der Waals surface area contributed by atoms with Gasteiger partial charge in [-0.1, -0.05) is 12.1 Å². The molecule has 4 heterocycles. The molecule has 0 saturated heterocycles. The van der Waals surface area contributed by atoms with Crippen molar-refractivity contribution in [2.45, 2.75) is 37.1 Å². The molecule has 0 bridgehead atoms. The van der Waals surface area contributed by atoms with Crippen LogP contribution in [0.25, 0.3) is 27.8 Å². The quantitative estimate of drug-likeness (QED) is 0.406. The third-order valence-electron chi connectivity index (χ3n) is 7.12. The van der Waals surface area contributed by atoms with E-state index < -0.39 is 23.1 Å². The number of fused-ring (bicyclic) bond motifs is 2. The highest BCUT2D eigenvalue weighted by molar-refractivity contribution is 5.80. The number of nitrogens with one attached hydrogen (secondary N) is 2. The topological polar surface area (TPSA) is 114 Å². The highest BCUT2D eigenvalue weighted by Gasteiger charge is 2.57. The van der Waals surface area contributed by atoms with Gasteiger partial charge in [-0.05, 0) is 36.0 Å². The number of nitrogens with zero attached hydrogens (tertiary/aromatic N) is 5. The van der Waals surface area contributed by atoms with Crippen LogP contribution in [0, 0.1) is 5.92 Å². The van der Waals surface area contributed by atoms with Crippen LogP contribution >= 0.6 is 0 Å². The molecule has 35 heavy (non-hydrogen) atoms. The summed E-state index contributed by atoms with van der Waals surface area (Å²) in [6.45, 7) is 0.212. The molecule has 1 aromatic carbocycles. The van der Waals surface area contributed by atoms with Gasteiger partial charge < -0.3 is 4.98 Å². The van der Waals surface area contributed by atoms with Crippen LogP contribution in [0.3, 0.4) is 0 Å². The molecule has 1 unspecified atom stereocenters. The van der Waals surface area contributed by atoms with Crippen LogP contribution in [-0.4, -0.2) is 40.3 Å². The van der Waals surface area contributed by atoms with Crippen molar-refractivity contribution in [2.75, 3.05) is 0 Å². The molecular weight excluding hydrogens is 456 g/mol. The van der Waals surface area contributed by atoms with Gasteiger partial charge in [0.25, 0.3) is 11.5 Å². The van der Waals surface area contributed by atoms with E-state index in [2.05, 4.69) is 31.2 Å². The molecular formula is C24H19F2N7O2. The number of alkyl halides is 2. The number of hydrogen-bond donors (Lipinski definition) is 2. The average molecular weight is 475 g/mol. The van der Waals surface area contributed by atoms with Crippen LogP contribution in [0.4, 0.5) is 8.78 Å². The van der Waals surface area contributed by atoms with Gasteiger partial charge in [0.05, 0.1) is 29.5 Å². The van der Waals surface area contributed by atoms with Gasteiger partial charge in [0.15, 0.2) is 5.65 Å². The normalized spacial score (nSPS) is 22.6. The van der Waals surface area contributed by atoms with Gasteiger partial charge in [-0.3, -0.25) is 14.5 Å². The molecule has 0 radical (unpaired) electrons. The van der Waals surface area contributed by atoms with E-state index in [9.17, 15) is 18.4 Å². The second kappa shape index (κ2) is 6.94. The number of imidazole rings is 1. The molecule has 0 amide bonds. The summed E-state index contributed by atoms with van der Waals surface area (Å²) >= 11 is 0. The molecule has 3 atom stereocenters. The minimum atomic E-state index is -2.58. The van der Waals surface area contributed by atoms with Gasteiger partial charge in [0, 0.05) is 41.9 Å². The van der Waals surface area contributed by atoms with Crippen molar-refractivity contribution >= 4 is 16.6 Å². The maximum atomic E-state index is 13.5. The fourth-order valence-electron chi connectivity index (χ4n) is 4.99. The molecule has 176 valence electrons. The first-order chi connectivity index (χ1) is 16.9. The molecule has 0 aliphatic heterocycles. The van der Waals surface area contributed by atoms with E-state index >= 15 is 0 Å². The molecule has 0 spiro atoms. The fraction of sp³-hybridized carbons (Fsp3) is 0.292. The van der Waals surface area contributed by atoms with E-state index in [0.29, 0.717) is 11.3 Å². The number of aromatic nitrogens is 7. The van der Waals surface area contributed by atoms with Crippen LogP contribution in [0.5, 0.6) is 0 Å². The van der Waals surface area contributed by atoms with Crippen molar-refractivity contribution < 1.29 is 8.78 Å². The molecule has 4 aromatic heterocycles. The predicted octanol–water partition coefficient (Wildman–Crippen LogP) is 3.05. The number of H-pyrrole nitrogens is 2. The molecule has 2 saturated carbocycles. The Bertz CT molecular complexity index is 1750. The maximum Gasteiger partial charge on any atom is 0.325 e. The number of benzene rings is 1. The lowest BCUT2D eigenvalue weighted by atomic mass is 10.0. The van der Waals surface area contributed by atoms with Gasteiger partial charge in [-0.25, -0.2) is 23.1 Å². The fourth-order valence-corrected chi connectivity index (χ4v) is 4.99. The van der Waals surface area contributed by atoms with E-state index in [0.717, 1.165) is 28.5 Å². The average Bonchev–Trinajstić information content (AvgIpc) is 3.59. The first kappa shape index (κ1) is 20.2. The molecule has 9 nitrogen and oxygen atoms in total. The molecule has 2 aliphatic carbocycles. The second-order valence-corrected chi connectivity index (χ2v) is 9.42. The Balaban J connectivity index is 1.24. The minimum Gasteiger partial charge on any atom is -0.313 e.